The van der Waals surface area contributed by atoms with Crippen molar-refractivity contribution < 1.29 is 14.9 Å². The lowest BCUT2D eigenvalue weighted by atomic mass is 10.00. The molecule has 0 spiro atoms. The highest BCUT2D eigenvalue weighted by Crippen LogP contribution is 2.26. The van der Waals surface area contributed by atoms with E-state index in [9.17, 15) is 10.2 Å². The normalized spacial score (nSPS) is 18.4. The Labute approximate surface area is 168 Å². The first kappa shape index (κ1) is 20.6. The molecule has 2 aromatic carbocycles. The molecule has 2 aromatic rings. The van der Waals surface area contributed by atoms with Gasteiger partial charge in [0.15, 0.2) is 0 Å². The summed E-state index contributed by atoms with van der Waals surface area (Å²) in [5.41, 5.74) is 5.02. The van der Waals surface area contributed by atoms with E-state index in [0.29, 0.717) is 11.8 Å². The molecule has 1 heterocycles. The fourth-order valence-corrected chi connectivity index (χ4v) is 4.05. The number of benzene rings is 2. The van der Waals surface area contributed by atoms with E-state index in [4.69, 9.17) is 4.74 Å². The van der Waals surface area contributed by atoms with E-state index in [2.05, 4.69) is 35.8 Å². The third-order valence-corrected chi connectivity index (χ3v) is 5.94. The molecular weight excluding hydrogens is 352 g/mol. The van der Waals surface area contributed by atoms with Crippen molar-refractivity contribution in [3.05, 3.63) is 58.7 Å². The monoisotopic (exact) mass is 384 g/mol. The summed E-state index contributed by atoms with van der Waals surface area (Å²) in [4.78, 5) is 4.94. The Morgan fingerprint density at radius 1 is 1.00 bits per heavy atom. The molecule has 5 nitrogen and oxygen atoms in total. The predicted molar refractivity (Wildman–Crippen MR) is 112 cm³/mol. The number of ether oxygens (including phenoxy) is 1. The molecule has 1 aliphatic heterocycles. The van der Waals surface area contributed by atoms with Crippen molar-refractivity contribution in [1.82, 2.24) is 9.80 Å². The molecule has 0 unspecified atom stereocenters. The number of aromatic hydroxyl groups is 1. The number of hydrogen-bond acceptors (Lipinski definition) is 5. The molecule has 28 heavy (non-hydrogen) atoms. The third-order valence-electron chi connectivity index (χ3n) is 5.94. The number of nitrogens with zero attached hydrogens (tertiary/aromatic N) is 2. The number of aliphatic hydroxyl groups is 1. The molecule has 3 rings (SSSR count). The fraction of sp³-hybridized carbons (Fsp3) is 0.478. The van der Waals surface area contributed by atoms with Crippen LogP contribution in [-0.2, 0) is 13.1 Å². The number of aliphatic hydroxyl groups excluding tert-OH is 1. The van der Waals surface area contributed by atoms with E-state index in [-0.39, 0.29) is 6.61 Å². The van der Waals surface area contributed by atoms with Gasteiger partial charge in [0.1, 0.15) is 11.5 Å². The van der Waals surface area contributed by atoms with E-state index in [1.165, 1.54) is 22.3 Å². The van der Waals surface area contributed by atoms with Crippen molar-refractivity contribution in [3.63, 3.8) is 0 Å². The van der Waals surface area contributed by atoms with E-state index in [1.54, 1.807) is 19.2 Å². The Hall–Kier alpha value is -2.08. The zero-order chi connectivity index (χ0) is 20.1. The van der Waals surface area contributed by atoms with Crippen LogP contribution < -0.4 is 4.74 Å². The summed E-state index contributed by atoms with van der Waals surface area (Å²) in [6, 6.07) is 12.0. The maximum absolute atomic E-state index is 9.59. The molecule has 1 aliphatic rings. The fourth-order valence-electron chi connectivity index (χ4n) is 4.05. The second-order valence-corrected chi connectivity index (χ2v) is 7.72. The van der Waals surface area contributed by atoms with Gasteiger partial charge in [-0.15, -0.1) is 0 Å². The Kier molecular flexibility index (Phi) is 6.94. The Morgan fingerprint density at radius 2 is 1.75 bits per heavy atom. The second-order valence-electron chi connectivity index (χ2n) is 7.72. The van der Waals surface area contributed by atoms with Crippen LogP contribution in [0.25, 0.3) is 0 Å². The summed E-state index contributed by atoms with van der Waals surface area (Å²) < 4.78 is 5.44. The zero-order valence-electron chi connectivity index (χ0n) is 17.2. The van der Waals surface area contributed by atoms with Crippen LogP contribution in [0.5, 0.6) is 11.5 Å². The van der Waals surface area contributed by atoms with Gasteiger partial charge in [0.25, 0.3) is 0 Å². The van der Waals surface area contributed by atoms with Crippen LogP contribution in [0.4, 0.5) is 0 Å². The molecule has 0 aromatic heterocycles. The van der Waals surface area contributed by atoms with Gasteiger partial charge in [0, 0.05) is 45.4 Å². The molecule has 152 valence electrons. The third kappa shape index (κ3) is 4.85. The second kappa shape index (κ2) is 9.41. The van der Waals surface area contributed by atoms with Crippen molar-refractivity contribution >= 4 is 0 Å². The standard InChI is InChI=1S/C23H32N2O3/c1-17-18(2)23(28-3)9-6-20(17)15-25-12-11-24(16-21(25)10-13-26)14-19-4-7-22(27)8-5-19/h4-9,21,26-27H,10-16H2,1-3H3/t21-/m1/s1. The van der Waals surface area contributed by atoms with Crippen molar-refractivity contribution in [2.24, 2.45) is 0 Å². The molecule has 2 N–H and O–H groups in total. The maximum atomic E-state index is 9.59. The summed E-state index contributed by atoms with van der Waals surface area (Å²) >= 11 is 0. The van der Waals surface area contributed by atoms with Gasteiger partial charge in [-0.2, -0.15) is 0 Å². The minimum absolute atomic E-state index is 0.203. The van der Waals surface area contributed by atoms with Crippen LogP contribution in [-0.4, -0.2) is 59.4 Å². The van der Waals surface area contributed by atoms with Crippen LogP contribution in [0.3, 0.4) is 0 Å². The van der Waals surface area contributed by atoms with Crippen LogP contribution in [0.1, 0.15) is 28.7 Å². The lowest BCUT2D eigenvalue weighted by Crippen LogP contribution is -2.52. The van der Waals surface area contributed by atoms with Gasteiger partial charge in [-0.25, -0.2) is 0 Å². The topological polar surface area (TPSA) is 56.2 Å². The Balaban J connectivity index is 1.67. The number of rotatable bonds is 7. The van der Waals surface area contributed by atoms with Gasteiger partial charge in [-0.1, -0.05) is 18.2 Å². The van der Waals surface area contributed by atoms with E-state index >= 15 is 0 Å². The lowest BCUT2D eigenvalue weighted by Gasteiger charge is -2.41. The van der Waals surface area contributed by atoms with Crippen LogP contribution in [0, 0.1) is 13.8 Å². The van der Waals surface area contributed by atoms with E-state index < -0.39 is 0 Å². The van der Waals surface area contributed by atoms with Crippen molar-refractivity contribution in [3.8, 4) is 11.5 Å². The summed E-state index contributed by atoms with van der Waals surface area (Å²) in [6.45, 7) is 9.16. The molecule has 0 aliphatic carbocycles. The Morgan fingerprint density at radius 3 is 2.43 bits per heavy atom. The minimum atomic E-state index is 0.203. The van der Waals surface area contributed by atoms with Gasteiger partial charge in [-0.05, 0) is 60.7 Å². The maximum Gasteiger partial charge on any atom is 0.122 e. The smallest absolute Gasteiger partial charge is 0.122 e. The first-order valence-corrected chi connectivity index (χ1v) is 10.00. The largest absolute Gasteiger partial charge is 0.508 e. The molecular formula is C23H32N2O3. The number of piperazine rings is 1. The first-order chi connectivity index (χ1) is 13.5. The predicted octanol–water partition coefficient (Wildman–Crippen LogP) is 3.09. The quantitative estimate of drug-likeness (QED) is 0.768. The van der Waals surface area contributed by atoms with Crippen LogP contribution in [0.15, 0.2) is 36.4 Å². The number of hydrogen-bond donors (Lipinski definition) is 2. The molecule has 0 amide bonds. The van der Waals surface area contributed by atoms with Crippen molar-refractivity contribution in [2.45, 2.75) is 39.4 Å². The van der Waals surface area contributed by atoms with E-state index in [0.717, 1.165) is 44.9 Å². The van der Waals surface area contributed by atoms with Crippen molar-refractivity contribution in [1.29, 1.82) is 0 Å². The molecule has 5 heteroatoms. The molecule has 0 saturated carbocycles. The molecule has 1 fully saturated rings. The highest BCUT2D eigenvalue weighted by molar-refractivity contribution is 5.43. The highest BCUT2D eigenvalue weighted by atomic mass is 16.5. The van der Waals surface area contributed by atoms with Gasteiger partial charge in [0.05, 0.1) is 7.11 Å². The lowest BCUT2D eigenvalue weighted by molar-refractivity contribution is 0.0498. The van der Waals surface area contributed by atoms with Gasteiger partial charge in [-0.3, -0.25) is 9.80 Å². The summed E-state index contributed by atoms with van der Waals surface area (Å²) in [6.07, 6.45) is 0.778. The zero-order valence-corrected chi connectivity index (χ0v) is 17.2. The minimum Gasteiger partial charge on any atom is -0.508 e. The van der Waals surface area contributed by atoms with Crippen LogP contribution >= 0.6 is 0 Å². The Bertz CT molecular complexity index is 776. The molecule has 1 saturated heterocycles. The van der Waals surface area contributed by atoms with Crippen molar-refractivity contribution in [2.75, 3.05) is 33.4 Å². The molecule has 0 radical (unpaired) electrons. The summed E-state index contributed by atoms with van der Waals surface area (Å²) in [7, 11) is 1.71. The number of phenols is 1. The van der Waals surface area contributed by atoms with Gasteiger partial charge in [0.2, 0.25) is 0 Å². The van der Waals surface area contributed by atoms with Crippen LogP contribution in [0.2, 0.25) is 0 Å². The molecule has 1 atom stereocenters. The van der Waals surface area contributed by atoms with Gasteiger partial charge >= 0.3 is 0 Å². The SMILES string of the molecule is COc1ccc(CN2CCN(Cc3ccc(O)cc3)C[C@H]2CCO)c(C)c1C. The first-order valence-electron chi connectivity index (χ1n) is 10.00. The summed E-state index contributed by atoms with van der Waals surface area (Å²) in [5.74, 6) is 1.24. The average molecular weight is 385 g/mol. The number of phenolic OH excluding ortho intramolecular Hbond substituents is 1. The average Bonchev–Trinajstić information content (AvgIpc) is 2.69. The summed E-state index contributed by atoms with van der Waals surface area (Å²) in [5, 5.41) is 19.1. The van der Waals surface area contributed by atoms with Gasteiger partial charge < -0.3 is 14.9 Å². The highest BCUT2D eigenvalue weighted by Gasteiger charge is 2.27. The number of methoxy groups -OCH3 is 1. The molecule has 0 bridgehead atoms. The van der Waals surface area contributed by atoms with E-state index in [1.807, 2.05) is 12.1 Å².